The summed E-state index contributed by atoms with van der Waals surface area (Å²) in [5, 5.41) is 0. The van der Waals surface area contributed by atoms with Crippen LogP contribution in [0, 0.1) is 0 Å². The van der Waals surface area contributed by atoms with E-state index in [4.69, 9.17) is 0 Å². The van der Waals surface area contributed by atoms with Crippen LogP contribution < -0.4 is 5.69 Å². The molecule has 0 amide bonds. The van der Waals surface area contributed by atoms with E-state index in [0.29, 0.717) is 22.9 Å². The number of nitrogens with one attached hydrogen (secondary N) is 2. The number of hydrogen-bond acceptors (Lipinski definition) is 2. The zero-order valence-corrected chi connectivity index (χ0v) is 8.01. The number of carbonyl (C=O) groups excluding carboxylic acids is 1. The third-order valence-electron chi connectivity index (χ3n) is 1.75. The molecule has 4 nitrogen and oxygen atoms in total. The Kier molecular flexibility index (Phi) is 1.81. The lowest BCUT2D eigenvalue weighted by atomic mass is 10.2. The molecule has 0 fully saturated rings. The maximum absolute atomic E-state index is 10.9. The second kappa shape index (κ2) is 2.85. The van der Waals surface area contributed by atoms with E-state index in [1.165, 1.54) is 0 Å². The van der Waals surface area contributed by atoms with Crippen molar-refractivity contribution in [2.24, 2.45) is 0 Å². The van der Waals surface area contributed by atoms with Crippen molar-refractivity contribution in [2.45, 2.75) is 0 Å². The van der Waals surface area contributed by atoms with Crippen LogP contribution in [0.1, 0.15) is 10.4 Å². The van der Waals surface area contributed by atoms with Gasteiger partial charge >= 0.3 is 5.69 Å². The molecule has 0 bridgehead atoms. The van der Waals surface area contributed by atoms with E-state index >= 15 is 0 Å². The number of aldehydes is 1. The fourth-order valence-corrected chi connectivity index (χ4v) is 1.70. The SMILES string of the molecule is O=Cc1cc(Br)cc2[nH]c(=O)[nH]c12. The van der Waals surface area contributed by atoms with Crippen LogP contribution in [0.2, 0.25) is 0 Å². The molecule has 0 unspecified atom stereocenters. The van der Waals surface area contributed by atoms with Gasteiger partial charge in [-0.3, -0.25) is 4.79 Å². The van der Waals surface area contributed by atoms with Crippen LogP contribution in [0.15, 0.2) is 21.4 Å². The zero-order chi connectivity index (χ0) is 9.42. The lowest BCUT2D eigenvalue weighted by Gasteiger charge is -1.94. The Morgan fingerprint density at radius 1 is 1.31 bits per heavy atom. The molecule has 0 aliphatic rings. The fourth-order valence-electron chi connectivity index (χ4n) is 1.23. The maximum atomic E-state index is 10.9. The van der Waals surface area contributed by atoms with Crippen molar-refractivity contribution < 1.29 is 4.79 Å². The van der Waals surface area contributed by atoms with Gasteiger partial charge < -0.3 is 9.97 Å². The zero-order valence-electron chi connectivity index (χ0n) is 6.43. The largest absolute Gasteiger partial charge is 0.323 e. The van der Waals surface area contributed by atoms with Gasteiger partial charge in [-0.25, -0.2) is 4.79 Å². The first-order valence-electron chi connectivity index (χ1n) is 3.57. The number of hydrogen-bond donors (Lipinski definition) is 2. The Labute approximate surface area is 81.1 Å². The van der Waals surface area contributed by atoms with Crippen LogP contribution in [0.25, 0.3) is 11.0 Å². The van der Waals surface area contributed by atoms with Crippen molar-refractivity contribution in [1.29, 1.82) is 0 Å². The summed E-state index contributed by atoms with van der Waals surface area (Å²) < 4.78 is 0.761. The van der Waals surface area contributed by atoms with E-state index in [-0.39, 0.29) is 5.69 Å². The van der Waals surface area contributed by atoms with Crippen molar-refractivity contribution in [3.63, 3.8) is 0 Å². The van der Waals surface area contributed by atoms with Crippen molar-refractivity contribution in [2.75, 3.05) is 0 Å². The number of H-pyrrole nitrogens is 2. The lowest BCUT2D eigenvalue weighted by molar-refractivity contribution is 0.112. The Balaban J connectivity index is 2.96. The average molecular weight is 241 g/mol. The molecule has 0 atom stereocenters. The maximum Gasteiger partial charge on any atom is 0.323 e. The molecule has 13 heavy (non-hydrogen) atoms. The average Bonchev–Trinajstić information content (AvgIpc) is 2.43. The minimum Gasteiger partial charge on any atom is -0.306 e. The van der Waals surface area contributed by atoms with E-state index in [1.54, 1.807) is 12.1 Å². The Bertz CT molecular complexity index is 526. The second-order valence-corrected chi connectivity index (χ2v) is 3.53. The standard InChI is InChI=1S/C8H5BrN2O2/c9-5-1-4(3-12)7-6(2-5)10-8(13)11-7/h1-3H,(H2,10,11,13). The van der Waals surface area contributed by atoms with Gasteiger partial charge in [0.15, 0.2) is 6.29 Å². The van der Waals surface area contributed by atoms with Crippen LogP contribution in [0.5, 0.6) is 0 Å². The molecular formula is C8H5BrN2O2. The minimum atomic E-state index is -0.309. The van der Waals surface area contributed by atoms with Gasteiger partial charge in [0, 0.05) is 10.0 Å². The van der Waals surface area contributed by atoms with Gasteiger partial charge in [-0.15, -0.1) is 0 Å². The van der Waals surface area contributed by atoms with Crippen molar-refractivity contribution in [1.82, 2.24) is 9.97 Å². The molecule has 1 heterocycles. The monoisotopic (exact) mass is 240 g/mol. The summed E-state index contributed by atoms with van der Waals surface area (Å²) in [6.07, 6.45) is 0.705. The van der Waals surface area contributed by atoms with Crippen LogP contribution in [0.4, 0.5) is 0 Å². The van der Waals surface area contributed by atoms with Gasteiger partial charge in [-0.05, 0) is 12.1 Å². The molecule has 0 radical (unpaired) electrons. The first-order valence-corrected chi connectivity index (χ1v) is 4.37. The van der Waals surface area contributed by atoms with E-state index in [1.807, 2.05) is 0 Å². The van der Waals surface area contributed by atoms with Crippen molar-refractivity contribution in [3.8, 4) is 0 Å². The van der Waals surface area contributed by atoms with Gasteiger partial charge in [0.2, 0.25) is 0 Å². The first-order chi connectivity index (χ1) is 6.20. The molecule has 2 N–H and O–H groups in total. The molecule has 66 valence electrons. The summed E-state index contributed by atoms with van der Waals surface area (Å²) in [4.78, 5) is 26.7. The summed E-state index contributed by atoms with van der Waals surface area (Å²) >= 11 is 3.24. The molecule has 2 aromatic rings. The van der Waals surface area contributed by atoms with Gasteiger partial charge in [0.1, 0.15) is 0 Å². The highest BCUT2D eigenvalue weighted by Gasteiger charge is 2.04. The number of benzene rings is 1. The van der Waals surface area contributed by atoms with Crippen molar-refractivity contribution in [3.05, 3.63) is 32.7 Å². The number of carbonyl (C=O) groups is 1. The van der Waals surface area contributed by atoms with Crippen LogP contribution in [-0.2, 0) is 0 Å². The molecule has 0 aliphatic heterocycles. The van der Waals surface area contributed by atoms with E-state index in [2.05, 4.69) is 25.9 Å². The number of rotatable bonds is 1. The summed E-state index contributed by atoms with van der Waals surface area (Å²) in [5.41, 5.74) is 1.32. The normalized spacial score (nSPS) is 10.5. The predicted molar refractivity (Wildman–Crippen MR) is 52.0 cm³/mol. The summed E-state index contributed by atoms with van der Waals surface area (Å²) in [5.74, 6) is 0. The Morgan fingerprint density at radius 3 is 2.77 bits per heavy atom. The third kappa shape index (κ3) is 1.31. The number of aromatic nitrogens is 2. The summed E-state index contributed by atoms with van der Waals surface area (Å²) in [6.45, 7) is 0. The fraction of sp³-hybridized carbons (Fsp3) is 0. The van der Waals surface area contributed by atoms with E-state index in [9.17, 15) is 9.59 Å². The molecule has 1 aromatic heterocycles. The van der Waals surface area contributed by atoms with Gasteiger partial charge in [-0.1, -0.05) is 15.9 Å². The number of aromatic amines is 2. The highest BCUT2D eigenvalue weighted by Crippen LogP contribution is 2.19. The quantitative estimate of drug-likeness (QED) is 0.741. The number of fused-ring (bicyclic) bond motifs is 1. The highest BCUT2D eigenvalue weighted by atomic mass is 79.9. The molecule has 0 saturated heterocycles. The molecule has 0 aliphatic carbocycles. The molecule has 0 spiro atoms. The molecule has 0 saturated carbocycles. The van der Waals surface area contributed by atoms with Crippen molar-refractivity contribution >= 4 is 33.2 Å². The third-order valence-corrected chi connectivity index (χ3v) is 2.21. The molecule has 2 rings (SSSR count). The van der Waals surface area contributed by atoms with Crippen LogP contribution >= 0.6 is 15.9 Å². The highest BCUT2D eigenvalue weighted by molar-refractivity contribution is 9.10. The molecule has 1 aromatic carbocycles. The van der Waals surface area contributed by atoms with E-state index in [0.717, 1.165) is 4.47 Å². The first kappa shape index (κ1) is 8.25. The Morgan fingerprint density at radius 2 is 2.08 bits per heavy atom. The van der Waals surface area contributed by atoms with Gasteiger partial charge in [0.05, 0.1) is 11.0 Å². The lowest BCUT2D eigenvalue weighted by Crippen LogP contribution is -1.99. The minimum absolute atomic E-state index is 0.309. The van der Waals surface area contributed by atoms with Crippen LogP contribution in [-0.4, -0.2) is 16.3 Å². The number of imidazole rings is 1. The molecular weight excluding hydrogens is 236 g/mol. The predicted octanol–water partition coefficient (Wildman–Crippen LogP) is 1.43. The summed E-state index contributed by atoms with van der Waals surface area (Å²) in [6, 6.07) is 3.39. The van der Waals surface area contributed by atoms with Gasteiger partial charge in [0.25, 0.3) is 0 Å². The molecule has 5 heteroatoms. The number of halogens is 1. The Hall–Kier alpha value is -1.36. The topological polar surface area (TPSA) is 65.7 Å². The van der Waals surface area contributed by atoms with E-state index < -0.39 is 0 Å². The smallest absolute Gasteiger partial charge is 0.306 e. The van der Waals surface area contributed by atoms with Crippen LogP contribution in [0.3, 0.4) is 0 Å². The van der Waals surface area contributed by atoms with Gasteiger partial charge in [-0.2, -0.15) is 0 Å². The second-order valence-electron chi connectivity index (χ2n) is 2.61. The summed E-state index contributed by atoms with van der Waals surface area (Å²) in [7, 11) is 0.